The van der Waals surface area contributed by atoms with E-state index < -0.39 is 23.4 Å². The second kappa shape index (κ2) is 7.62. The molecule has 2 N–H and O–H groups in total. The maximum absolute atomic E-state index is 10.7. The van der Waals surface area contributed by atoms with Crippen LogP contribution >= 0.6 is 0 Å². The predicted molar refractivity (Wildman–Crippen MR) is 57.6 cm³/mol. The summed E-state index contributed by atoms with van der Waals surface area (Å²) < 4.78 is 14.2. The van der Waals surface area contributed by atoms with Crippen LogP contribution < -0.4 is 5.48 Å². The Morgan fingerprint density at radius 1 is 0.889 bits per heavy atom. The van der Waals surface area contributed by atoms with Crippen LogP contribution in [0.25, 0.3) is 0 Å². The van der Waals surface area contributed by atoms with Gasteiger partial charge in [-0.3, -0.25) is 14.4 Å². The summed E-state index contributed by atoms with van der Waals surface area (Å²) in [7, 11) is 0. The fraction of sp³-hybridized carbons (Fsp3) is 0.700. The van der Waals surface area contributed by atoms with Crippen molar-refractivity contribution in [2.45, 2.75) is 26.3 Å². The Labute approximate surface area is 104 Å². The lowest BCUT2D eigenvalue weighted by molar-refractivity contribution is -0.160. The van der Waals surface area contributed by atoms with Gasteiger partial charge in [-0.1, -0.05) is 0 Å². The first-order valence-corrected chi connectivity index (χ1v) is 5.13. The van der Waals surface area contributed by atoms with Crippen molar-refractivity contribution in [1.29, 1.82) is 0 Å². The minimum absolute atomic E-state index is 0.320. The molecule has 0 amide bonds. The third kappa shape index (κ3) is 6.81. The van der Waals surface area contributed by atoms with Gasteiger partial charge in [-0.2, -0.15) is 5.48 Å². The van der Waals surface area contributed by atoms with E-state index in [1.54, 1.807) is 0 Å². The molecule has 18 heavy (non-hydrogen) atoms. The number of hydrogen-bond acceptors (Lipinski definition) is 8. The number of hydroxylamine groups is 1. The summed E-state index contributed by atoms with van der Waals surface area (Å²) in [5.74, 6) is -1.75. The maximum atomic E-state index is 10.7. The number of esters is 3. The molecule has 0 atom stereocenters. The van der Waals surface area contributed by atoms with Crippen molar-refractivity contribution >= 4 is 17.9 Å². The molecule has 104 valence electrons. The van der Waals surface area contributed by atoms with Gasteiger partial charge in [-0.15, -0.1) is 0 Å². The fourth-order valence-corrected chi connectivity index (χ4v) is 0.941. The van der Waals surface area contributed by atoms with Crippen molar-refractivity contribution in [3.63, 3.8) is 0 Å². The quantitative estimate of drug-likeness (QED) is 0.355. The van der Waals surface area contributed by atoms with Crippen molar-refractivity contribution in [2.24, 2.45) is 0 Å². The monoisotopic (exact) mass is 263 g/mol. The summed E-state index contributed by atoms with van der Waals surface area (Å²) in [6.45, 7) is 2.58. The molecule has 8 heteroatoms. The largest absolute Gasteiger partial charge is 0.464 e. The Kier molecular flexibility index (Phi) is 6.91. The van der Waals surface area contributed by atoms with Crippen LogP contribution in [-0.4, -0.2) is 48.5 Å². The summed E-state index contributed by atoms with van der Waals surface area (Å²) in [6.07, 6.45) is 0. The molecule has 0 saturated carbocycles. The third-order valence-corrected chi connectivity index (χ3v) is 1.89. The van der Waals surface area contributed by atoms with E-state index >= 15 is 0 Å². The van der Waals surface area contributed by atoms with Crippen LogP contribution in [0.4, 0.5) is 0 Å². The molecule has 8 nitrogen and oxygen atoms in total. The Hall–Kier alpha value is -1.67. The third-order valence-electron chi connectivity index (χ3n) is 1.89. The lowest BCUT2D eigenvalue weighted by Gasteiger charge is -2.29. The molecular weight excluding hydrogens is 246 g/mol. The molecule has 0 fully saturated rings. The fourth-order valence-electron chi connectivity index (χ4n) is 0.941. The van der Waals surface area contributed by atoms with Crippen LogP contribution in [0.15, 0.2) is 0 Å². The van der Waals surface area contributed by atoms with E-state index in [2.05, 4.69) is 0 Å². The van der Waals surface area contributed by atoms with Crippen molar-refractivity contribution in [2.75, 3.05) is 19.8 Å². The molecular formula is C10H17NO7. The molecule has 0 aromatic heterocycles. The molecule has 0 aliphatic carbocycles. The summed E-state index contributed by atoms with van der Waals surface area (Å²) in [5.41, 5.74) is 0.464. The van der Waals surface area contributed by atoms with Gasteiger partial charge in [0.2, 0.25) is 0 Å². The molecule has 0 unspecified atom stereocenters. The zero-order valence-corrected chi connectivity index (χ0v) is 10.5. The summed E-state index contributed by atoms with van der Waals surface area (Å²) in [5, 5.41) is 9.09. The second-order valence-electron chi connectivity index (χ2n) is 3.73. The number of ether oxygens (including phenoxy) is 3. The highest BCUT2D eigenvalue weighted by Crippen LogP contribution is 2.08. The van der Waals surface area contributed by atoms with Crippen LogP contribution in [0.1, 0.15) is 20.8 Å². The molecule has 0 spiro atoms. The Morgan fingerprint density at radius 2 is 1.17 bits per heavy atom. The number of hydrogen-bond donors (Lipinski definition) is 2. The minimum atomic E-state index is -1.39. The molecule has 0 aliphatic rings. The highest BCUT2D eigenvalue weighted by molar-refractivity contribution is 5.67. The molecule has 0 aliphatic heterocycles. The van der Waals surface area contributed by atoms with Crippen LogP contribution in [0.2, 0.25) is 0 Å². The number of carbonyl (C=O) groups excluding carboxylic acids is 3. The van der Waals surface area contributed by atoms with Gasteiger partial charge in [0.1, 0.15) is 25.4 Å². The molecule has 0 bridgehead atoms. The zero-order chi connectivity index (χ0) is 14.2. The molecule has 0 saturated heterocycles. The number of nitrogens with one attached hydrogen (secondary N) is 1. The first kappa shape index (κ1) is 16.3. The van der Waals surface area contributed by atoms with Crippen molar-refractivity contribution in [3.05, 3.63) is 0 Å². The minimum Gasteiger partial charge on any atom is -0.464 e. The first-order chi connectivity index (χ1) is 8.31. The molecule has 0 rings (SSSR count). The summed E-state index contributed by atoms with van der Waals surface area (Å²) in [4.78, 5) is 32.2. The van der Waals surface area contributed by atoms with Gasteiger partial charge in [-0.25, -0.2) is 0 Å². The predicted octanol–water partition coefficient (Wildman–Crippen LogP) is -0.607. The standard InChI is InChI=1S/C10H17NO7/c1-7(12)16-4-10(11-15,5-17-8(2)13)6-18-9(3)14/h11,15H,4-6H2,1-3H3. The highest BCUT2D eigenvalue weighted by Gasteiger charge is 2.34. The van der Waals surface area contributed by atoms with Gasteiger partial charge in [-0.05, 0) is 0 Å². The maximum Gasteiger partial charge on any atom is 0.302 e. The summed E-state index contributed by atoms with van der Waals surface area (Å²) >= 11 is 0. The van der Waals surface area contributed by atoms with E-state index in [1.807, 2.05) is 5.48 Å². The van der Waals surface area contributed by atoms with E-state index in [1.165, 1.54) is 20.8 Å². The molecule has 0 radical (unpaired) electrons. The Morgan fingerprint density at radius 3 is 1.33 bits per heavy atom. The summed E-state index contributed by atoms with van der Waals surface area (Å²) in [6, 6.07) is 0. The van der Waals surface area contributed by atoms with E-state index in [0.29, 0.717) is 0 Å². The van der Waals surface area contributed by atoms with Crippen LogP contribution in [-0.2, 0) is 28.6 Å². The Balaban J connectivity index is 4.63. The molecule has 0 aromatic carbocycles. The SMILES string of the molecule is CC(=O)OCC(COC(C)=O)(COC(C)=O)NO. The average Bonchev–Trinajstić information content (AvgIpc) is 2.28. The van der Waals surface area contributed by atoms with Gasteiger partial charge in [0, 0.05) is 20.8 Å². The van der Waals surface area contributed by atoms with Crippen molar-refractivity contribution in [3.8, 4) is 0 Å². The van der Waals surface area contributed by atoms with E-state index in [0.717, 1.165) is 0 Å². The molecule has 0 heterocycles. The van der Waals surface area contributed by atoms with Gasteiger partial charge >= 0.3 is 17.9 Å². The molecule has 0 aromatic rings. The van der Waals surface area contributed by atoms with Crippen molar-refractivity contribution < 1.29 is 33.8 Å². The number of carbonyl (C=O) groups is 3. The van der Waals surface area contributed by atoms with E-state index in [4.69, 9.17) is 19.4 Å². The number of rotatable bonds is 7. The van der Waals surface area contributed by atoms with Gasteiger partial charge in [0.05, 0.1) is 0 Å². The zero-order valence-electron chi connectivity index (χ0n) is 10.5. The van der Waals surface area contributed by atoms with E-state index in [9.17, 15) is 14.4 Å². The lowest BCUT2D eigenvalue weighted by Crippen LogP contribution is -2.56. The van der Waals surface area contributed by atoms with Gasteiger partial charge in [0.25, 0.3) is 0 Å². The highest BCUT2D eigenvalue weighted by atomic mass is 16.6. The van der Waals surface area contributed by atoms with Crippen molar-refractivity contribution in [1.82, 2.24) is 5.48 Å². The lowest BCUT2D eigenvalue weighted by atomic mass is 10.1. The average molecular weight is 263 g/mol. The van der Waals surface area contributed by atoms with Crippen LogP contribution in [0.3, 0.4) is 0 Å². The smallest absolute Gasteiger partial charge is 0.302 e. The topological polar surface area (TPSA) is 111 Å². The Bertz CT molecular complexity index is 270. The van der Waals surface area contributed by atoms with Gasteiger partial charge in [0.15, 0.2) is 0 Å². The second-order valence-corrected chi connectivity index (χ2v) is 3.73. The van der Waals surface area contributed by atoms with Crippen LogP contribution in [0, 0.1) is 0 Å². The normalized spacial score (nSPS) is 10.7. The first-order valence-electron chi connectivity index (χ1n) is 5.13. The van der Waals surface area contributed by atoms with E-state index in [-0.39, 0.29) is 19.8 Å². The van der Waals surface area contributed by atoms with Gasteiger partial charge < -0.3 is 19.4 Å². The van der Waals surface area contributed by atoms with Crippen LogP contribution in [0.5, 0.6) is 0 Å².